The van der Waals surface area contributed by atoms with Crippen LogP contribution in [0.5, 0.6) is 0 Å². The molecule has 5 rings (SSSR count). The highest BCUT2D eigenvalue weighted by Crippen LogP contribution is 2.58. The highest BCUT2D eigenvalue weighted by Gasteiger charge is 2.56. The smallest absolute Gasteiger partial charge is 0.0283 e. The molecule has 2 nitrogen and oxygen atoms in total. The molecule has 102 valence electrons. The van der Waals surface area contributed by atoms with Crippen LogP contribution in [-0.2, 0) is 0 Å². The summed E-state index contributed by atoms with van der Waals surface area (Å²) in [4.78, 5) is 2.93. The number of piperazine rings is 1. The van der Waals surface area contributed by atoms with Crippen molar-refractivity contribution in [3.05, 3.63) is 0 Å². The second-order valence-electron chi connectivity index (χ2n) is 8.28. The van der Waals surface area contributed by atoms with Crippen molar-refractivity contribution in [1.82, 2.24) is 10.2 Å². The second-order valence-corrected chi connectivity index (χ2v) is 8.28. The van der Waals surface area contributed by atoms with Gasteiger partial charge in [-0.2, -0.15) is 0 Å². The molecule has 1 heterocycles. The Labute approximate surface area is 111 Å². The molecule has 2 heteroatoms. The molecule has 1 aliphatic heterocycles. The minimum absolute atomic E-state index is 0.365. The molecule has 4 aliphatic carbocycles. The first kappa shape index (κ1) is 11.7. The number of rotatable bonds is 1. The quantitative estimate of drug-likeness (QED) is 0.767. The van der Waals surface area contributed by atoms with Gasteiger partial charge in [-0.25, -0.2) is 0 Å². The third kappa shape index (κ3) is 1.61. The first-order valence-corrected chi connectivity index (χ1v) is 8.06. The van der Waals surface area contributed by atoms with E-state index < -0.39 is 0 Å². The fraction of sp³-hybridized carbons (Fsp3) is 1.00. The lowest BCUT2D eigenvalue weighted by molar-refractivity contribution is -0.129. The van der Waals surface area contributed by atoms with Gasteiger partial charge in [0.25, 0.3) is 0 Å². The zero-order valence-electron chi connectivity index (χ0n) is 12.0. The van der Waals surface area contributed by atoms with Gasteiger partial charge in [0.1, 0.15) is 0 Å². The molecule has 1 N–H and O–H groups in total. The predicted molar refractivity (Wildman–Crippen MR) is 74.6 cm³/mol. The van der Waals surface area contributed by atoms with E-state index in [1.165, 1.54) is 38.9 Å². The molecule has 0 aromatic carbocycles. The maximum absolute atomic E-state index is 3.60. The van der Waals surface area contributed by atoms with Gasteiger partial charge in [0.15, 0.2) is 0 Å². The van der Waals surface area contributed by atoms with Gasteiger partial charge in [-0.15, -0.1) is 0 Å². The Kier molecular flexibility index (Phi) is 2.43. The van der Waals surface area contributed by atoms with Crippen LogP contribution in [0.15, 0.2) is 0 Å². The predicted octanol–water partition coefficient (Wildman–Crippen LogP) is 2.64. The van der Waals surface area contributed by atoms with E-state index in [4.69, 9.17) is 0 Å². The Hall–Kier alpha value is -0.0800. The third-order valence-corrected chi connectivity index (χ3v) is 6.38. The molecule has 0 unspecified atom stereocenters. The first-order valence-electron chi connectivity index (χ1n) is 8.06. The third-order valence-electron chi connectivity index (χ3n) is 6.38. The van der Waals surface area contributed by atoms with E-state index >= 15 is 0 Å². The Bertz CT molecular complexity index is 312. The average molecular weight is 248 g/mol. The van der Waals surface area contributed by atoms with Crippen molar-refractivity contribution in [2.24, 2.45) is 17.8 Å². The minimum Gasteiger partial charge on any atom is -0.314 e. The molecule has 0 aromatic heterocycles. The number of hydrogen-bond acceptors (Lipinski definition) is 2. The summed E-state index contributed by atoms with van der Waals surface area (Å²) in [5, 5.41) is 3.60. The topological polar surface area (TPSA) is 15.3 Å². The summed E-state index contributed by atoms with van der Waals surface area (Å²) in [6.45, 7) is 8.56. The highest BCUT2D eigenvalue weighted by molar-refractivity contribution is 5.11. The standard InChI is InChI=1S/C16H28N2/c1-15(2)11-17-3-4-18(15)16-8-12-5-13(9-16)7-14(6-12)10-16/h12-14,17H,3-11H2,1-2H3. The van der Waals surface area contributed by atoms with Gasteiger partial charge in [0.2, 0.25) is 0 Å². The molecule has 0 aromatic rings. The van der Waals surface area contributed by atoms with Gasteiger partial charge < -0.3 is 5.32 Å². The van der Waals surface area contributed by atoms with Crippen LogP contribution in [0.4, 0.5) is 0 Å². The van der Waals surface area contributed by atoms with Gasteiger partial charge in [0.05, 0.1) is 0 Å². The molecule has 0 spiro atoms. The van der Waals surface area contributed by atoms with E-state index in [9.17, 15) is 0 Å². The van der Waals surface area contributed by atoms with Crippen LogP contribution in [0.1, 0.15) is 52.4 Å². The molecule has 0 radical (unpaired) electrons. The summed E-state index contributed by atoms with van der Waals surface area (Å²) in [6.07, 6.45) is 9.23. The average Bonchev–Trinajstić information content (AvgIpc) is 2.25. The van der Waals surface area contributed by atoms with Gasteiger partial charge in [-0.05, 0) is 70.1 Å². The minimum atomic E-state index is 0.365. The normalized spacial score (nSPS) is 50.7. The summed E-state index contributed by atoms with van der Waals surface area (Å²) >= 11 is 0. The summed E-state index contributed by atoms with van der Waals surface area (Å²) < 4.78 is 0. The fourth-order valence-corrected chi connectivity index (χ4v) is 6.26. The van der Waals surface area contributed by atoms with Crippen molar-refractivity contribution in [1.29, 1.82) is 0 Å². The van der Waals surface area contributed by atoms with E-state index in [0.29, 0.717) is 11.1 Å². The largest absolute Gasteiger partial charge is 0.314 e. The molecule has 5 aliphatic rings. The van der Waals surface area contributed by atoms with Gasteiger partial charge >= 0.3 is 0 Å². The van der Waals surface area contributed by atoms with Crippen molar-refractivity contribution in [2.75, 3.05) is 19.6 Å². The number of nitrogens with one attached hydrogen (secondary N) is 1. The Morgan fingerprint density at radius 3 is 2.00 bits per heavy atom. The lowest BCUT2D eigenvalue weighted by atomic mass is 9.52. The van der Waals surface area contributed by atoms with Crippen molar-refractivity contribution < 1.29 is 0 Å². The lowest BCUT2D eigenvalue weighted by Gasteiger charge is -2.64. The molecule has 5 fully saturated rings. The first-order chi connectivity index (χ1) is 8.57. The molecule has 0 atom stereocenters. The molecule has 1 saturated heterocycles. The van der Waals surface area contributed by atoms with Crippen LogP contribution >= 0.6 is 0 Å². The molecular weight excluding hydrogens is 220 g/mol. The molecule has 18 heavy (non-hydrogen) atoms. The van der Waals surface area contributed by atoms with E-state index in [-0.39, 0.29) is 0 Å². The van der Waals surface area contributed by atoms with Crippen molar-refractivity contribution >= 4 is 0 Å². The van der Waals surface area contributed by atoms with Crippen LogP contribution in [0.2, 0.25) is 0 Å². The number of nitrogens with zero attached hydrogens (tertiary/aromatic N) is 1. The lowest BCUT2D eigenvalue weighted by Crippen LogP contribution is -2.70. The summed E-state index contributed by atoms with van der Waals surface area (Å²) in [7, 11) is 0. The van der Waals surface area contributed by atoms with Crippen LogP contribution in [0.25, 0.3) is 0 Å². The Morgan fingerprint density at radius 1 is 0.944 bits per heavy atom. The SMILES string of the molecule is CC1(C)CNCCN1C12CC3CC(CC(C3)C1)C2. The Morgan fingerprint density at radius 2 is 1.50 bits per heavy atom. The summed E-state index contributed by atoms with van der Waals surface area (Å²) in [5.41, 5.74) is 0.963. The van der Waals surface area contributed by atoms with Crippen LogP contribution in [0, 0.1) is 17.8 Å². The van der Waals surface area contributed by atoms with Crippen LogP contribution in [-0.4, -0.2) is 35.6 Å². The summed E-state index contributed by atoms with van der Waals surface area (Å²) in [6, 6.07) is 0. The number of hydrogen-bond donors (Lipinski definition) is 1. The summed E-state index contributed by atoms with van der Waals surface area (Å²) in [5.74, 6) is 3.21. The van der Waals surface area contributed by atoms with E-state index in [1.807, 2.05) is 0 Å². The van der Waals surface area contributed by atoms with Crippen molar-refractivity contribution in [3.63, 3.8) is 0 Å². The second kappa shape index (κ2) is 3.73. The van der Waals surface area contributed by atoms with Crippen molar-refractivity contribution in [2.45, 2.75) is 63.5 Å². The van der Waals surface area contributed by atoms with Crippen LogP contribution in [0.3, 0.4) is 0 Å². The maximum Gasteiger partial charge on any atom is 0.0283 e. The Balaban J connectivity index is 1.66. The van der Waals surface area contributed by atoms with E-state index in [0.717, 1.165) is 17.8 Å². The molecule has 0 amide bonds. The molecular formula is C16H28N2. The van der Waals surface area contributed by atoms with Gasteiger partial charge in [-0.1, -0.05) is 0 Å². The van der Waals surface area contributed by atoms with E-state index in [2.05, 4.69) is 24.1 Å². The maximum atomic E-state index is 3.60. The van der Waals surface area contributed by atoms with Gasteiger partial charge in [-0.3, -0.25) is 4.90 Å². The van der Waals surface area contributed by atoms with Crippen molar-refractivity contribution in [3.8, 4) is 0 Å². The zero-order valence-corrected chi connectivity index (χ0v) is 12.0. The molecule has 4 bridgehead atoms. The van der Waals surface area contributed by atoms with Gasteiger partial charge in [0, 0.05) is 30.7 Å². The van der Waals surface area contributed by atoms with Crippen LogP contribution < -0.4 is 5.32 Å². The van der Waals surface area contributed by atoms with E-state index in [1.54, 1.807) is 19.3 Å². The molecule has 4 saturated carbocycles. The highest BCUT2D eigenvalue weighted by atomic mass is 15.3. The fourth-order valence-electron chi connectivity index (χ4n) is 6.26. The zero-order chi connectivity index (χ0) is 12.4. The monoisotopic (exact) mass is 248 g/mol.